The summed E-state index contributed by atoms with van der Waals surface area (Å²) in [6.07, 6.45) is 19.8. The number of unbranched alkanes of at least 4 members (excludes halogenated alkanes) is 11. The predicted molar refractivity (Wildman–Crippen MR) is 111 cm³/mol. The van der Waals surface area contributed by atoms with Gasteiger partial charge in [0, 0.05) is 0 Å². The Morgan fingerprint density at radius 2 is 1.46 bits per heavy atom. The highest BCUT2D eigenvalue weighted by Gasteiger charge is 2.23. The summed E-state index contributed by atoms with van der Waals surface area (Å²) >= 11 is 0. The van der Waals surface area contributed by atoms with Crippen LogP contribution in [0.2, 0.25) is 0 Å². The number of rotatable bonds is 17. The number of hydrogen-bond donors (Lipinski definition) is 0. The molecule has 0 saturated carbocycles. The molecule has 0 bridgehead atoms. The van der Waals surface area contributed by atoms with E-state index < -0.39 is 0 Å². The first-order valence-electron chi connectivity index (χ1n) is 10.8. The van der Waals surface area contributed by atoms with Gasteiger partial charge in [-0.25, -0.2) is 0 Å². The van der Waals surface area contributed by atoms with Gasteiger partial charge in [0.15, 0.2) is 0 Å². The zero-order chi connectivity index (χ0) is 18.3. The van der Waals surface area contributed by atoms with Crippen LogP contribution in [0.25, 0.3) is 0 Å². The summed E-state index contributed by atoms with van der Waals surface area (Å²) in [6.45, 7) is 5.34. The zero-order valence-corrected chi connectivity index (χ0v) is 16.6. The van der Waals surface area contributed by atoms with Crippen molar-refractivity contribution in [3.05, 3.63) is 42.5 Å². The molecule has 0 aromatic heterocycles. The number of epoxide rings is 1. The second-order valence-corrected chi connectivity index (χ2v) is 7.59. The maximum Gasteiger partial charge on any atom is 0.122 e. The largest absolute Gasteiger partial charge is 0.491 e. The first-order chi connectivity index (χ1) is 12.9. The number of hydrogen-bond acceptors (Lipinski definition) is 2. The van der Waals surface area contributed by atoms with Crippen LogP contribution in [0.15, 0.2) is 36.9 Å². The smallest absolute Gasteiger partial charge is 0.122 e. The lowest BCUT2D eigenvalue weighted by Gasteiger charge is -2.10. The standard InChI is InChI=1S/C24H38O2/c1-2-3-4-5-6-7-8-9-10-11-12-13-14-17-22-18-15-16-19-24(22)26-21-23-20-25-23/h2,15-16,18-19,23H,1,3-14,17,20-21H2. The molecule has 1 aromatic carbocycles. The molecule has 26 heavy (non-hydrogen) atoms. The van der Waals surface area contributed by atoms with Crippen molar-refractivity contribution >= 4 is 0 Å². The van der Waals surface area contributed by atoms with Crippen LogP contribution in [0.1, 0.15) is 82.6 Å². The van der Waals surface area contributed by atoms with Crippen molar-refractivity contribution in [2.45, 2.75) is 89.6 Å². The summed E-state index contributed by atoms with van der Waals surface area (Å²) in [4.78, 5) is 0. The van der Waals surface area contributed by atoms with E-state index in [0.29, 0.717) is 12.7 Å². The number of aryl methyl sites for hydroxylation is 1. The van der Waals surface area contributed by atoms with Crippen LogP contribution < -0.4 is 4.74 Å². The molecule has 146 valence electrons. The van der Waals surface area contributed by atoms with E-state index in [4.69, 9.17) is 9.47 Å². The van der Waals surface area contributed by atoms with Crippen molar-refractivity contribution < 1.29 is 9.47 Å². The van der Waals surface area contributed by atoms with E-state index in [9.17, 15) is 0 Å². The summed E-state index contributed by atoms with van der Waals surface area (Å²) in [5.41, 5.74) is 1.35. The SMILES string of the molecule is C=CCCCCCCCCCCCCCc1ccccc1OCC1CO1. The zero-order valence-electron chi connectivity index (χ0n) is 16.6. The third kappa shape index (κ3) is 10.0. The fourth-order valence-corrected chi connectivity index (χ4v) is 3.39. The van der Waals surface area contributed by atoms with Crippen LogP contribution in [-0.2, 0) is 11.2 Å². The highest BCUT2D eigenvalue weighted by molar-refractivity contribution is 5.33. The molecular weight excluding hydrogens is 320 g/mol. The number of benzene rings is 1. The average molecular weight is 359 g/mol. The minimum Gasteiger partial charge on any atom is -0.491 e. The second-order valence-electron chi connectivity index (χ2n) is 7.59. The third-order valence-electron chi connectivity index (χ3n) is 5.15. The summed E-state index contributed by atoms with van der Waals surface area (Å²) in [5.74, 6) is 1.05. The first-order valence-corrected chi connectivity index (χ1v) is 10.8. The normalized spacial score (nSPS) is 15.8. The Balaban J connectivity index is 1.41. The molecule has 2 heteroatoms. The van der Waals surface area contributed by atoms with Crippen molar-refractivity contribution in [1.82, 2.24) is 0 Å². The summed E-state index contributed by atoms with van der Waals surface area (Å²) in [6, 6.07) is 8.48. The topological polar surface area (TPSA) is 21.8 Å². The van der Waals surface area contributed by atoms with E-state index in [0.717, 1.165) is 18.8 Å². The second kappa shape index (κ2) is 13.9. The molecule has 0 spiro atoms. The average Bonchev–Trinajstić information content (AvgIpc) is 3.49. The highest BCUT2D eigenvalue weighted by atomic mass is 16.6. The van der Waals surface area contributed by atoms with Crippen molar-refractivity contribution in [1.29, 1.82) is 0 Å². The van der Waals surface area contributed by atoms with Crippen molar-refractivity contribution in [2.24, 2.45) is 0 Å². The van der Waals surface area contributed by atoms with Gasteiger partial charge in [0.25, 0.3) is 0 Å². The van der Waals surface area contributed by atoms with Gasteiger partial charge in [-0.05, 0) is 37.3 Å². The minimum atomic E-state index is 0.329. The maximum absolute atomic E-state index is 5.90. The van der Waals surface area contributed by atoms with E-state index in [1.807, 2.05) is 6.08 Å². The molecule has 1 aliphatic heterocycles. The Kier molecular flexibility index (Phi) is 11.2. The Bertz CT molecular complexity index is 479. The van der Waals surface area contributed by atoms with Gasteiger partial charge in [0.1, 0.15) is 18.5 Å². The van der Waals surface area contributed by atoms with Crippen LogP contribution >= 0.6 is 0 Å². The van der Waals surface area contributed by atoms with Crippen molar-refractivity contribution in [3.8, 4) is 5.75 Å². The number of ether oxygens (including phenoxy) is 2. The molecule has 2 rings (SSSR count). The molecule has 0 radical (unpaired) electrons. The fraction of sp³-hybridized carbons (Fsp3) is 0.667. The lowest BCUT2D eigenvalue weighted by Crippen LogP contribution is -2.05. The molecule has 0 amide bonds. The van der Waals surface area contributed by atoms with Gasteiger partial charge < -0.3 is 9.47 Å². The van der Waals surface area contributed by atoms with E-state index in [2.05, 4.69) is 30.8 Å². The van der Waals surface area contributed by atoms with E-state index in [-0.39, 0.29) is 0 Å². The molecule has 1 unspecified atom stereocenters. The van der Waals surface area contributed by atoms with Gasteiger partial charge in [-0.2, -0.15) is 0 Å². The van der Waals surface area contributed by atoms with Crippen LogP contribution in [0.3, 0.4) is 0 Å². The quantitative estimate of drug-likeness (QED) is 0.172. The van der Waals surface area contributed by atoms with Gasteiger partial charge in [-0.3, -0.25) is 0 Å². The highest BCUT2D eigenvalue weighted by Crippen LogP contribution is 2.22. The molecule has 1 aromatic rings. The molecule has 1 aliphatic rings. The molecular formula is C24H38O2. The van der Waals surface area contributed by atoms with Gasteiger partial charge in [0.2, 0.25) is 0 Å². The molecule has 0 aliphatic carbocycles. The van der Waals surface area contributed by atoms with E-state index in [1.54, 1.807) is 0 Å². The Labute approximate surface area is 161 Å². The lowest BCUT2D eigenvalue weighted by molar-refractivity contribution is 0.261. The monoisotopic (exact) mass is 358 g/mol. The van der Waals surface area contributed by atoms with Gasteiger partial charge in [-0.1, -0.05) is 82.1 Å². The van der Waals surface area contributed by atoms with Gasteiger partial charge in [0.05, 0.1) is 6.61 Å². The van der Waals surface area contributed by atoms with Crippen molar-refractivity contribution in [2.75, 3.05) is 13.2 Å². The Morgan fingerprint density at radius 3 is 2.08 bits per heavy atom. The molecule has 1 atom stereocenters. The molecule has 1 heterocycles. The molecule has 2 nitrogen and oxygen atoms in total. The maximum atomic E-state index is 5.90. The lowest BCUT2D eigenvalue weighted by atomic mass is 10.0. The number of allylic oxidation sites excluding steroid dienone is 1. The Morgan fingerprint density at radius 1 is 0.885 bits per heavy atom. The van der Waals surface area contributed by atoms with Crippen LogP contribution in [0.5, 0.6) is 5.75 Å². The van der Waals surface area contributed by atoms with E-state index >= 15 is 0 Å². The first kappa shape index (κ1) is 21.0. The molecule has 1 saturated heterocycles. The number of para-hydroxylation sites is 1. The third-order valence-corrected chi connectivity index (χ3v) is 5.15. The van der Waals surface area contributed by atoms with Gasteiger partial charge >= 0.3 is 0 Å². The minimum absolute atomic E-state index is 0.329. The van der Waals surface area contributed by atoms with Crippen LogP contribution in [0.4, 0.5) is 0 Å². The van der Waals surface area contributed by atoms with Crippen molar-refractivity contribution in [3.63, 3.8) is 0 Å². The van der Waals surface area contributed by atoms with Gasteiger partial charge in [-0.15, -0.1) is 6.58 Å². The van der Waals surface area contributed by atoms with Crippen LogP contribution in [0, 0.1) is 0 Å². The Hall–Kier alpha value is -1.28. The summed E-state index contributed by atoms with van der Waals surface area (Å²) in [7, 11) is 0. The fourth-order valence-electron chi connectivity index (χ4n) is 3.39. The molecule has 1 fully saturated rings. The van der Waals surface area contributed by atoms with E-state index in [1.165, 1.54) is 82.6 Å². The predicted octanol–water partition coefficient (Wildman–Crippen LogP) is 6.87. The van der Waals surface area contributed by atoms with Crippen LogP contribution in [-0.4, -0.2) is 19.3 Å². The summed E-state index contributed by atoms with van der Waals surface area (Å²) < 4.78 is 11.1. The molecule has 0 N–H and O–H groups in total. The summed E-state index contributed by atoms with van der Waals surface area (Å²) in [5, 5.41) is 0.